The predicted molar refractivity (Wildman–Crippen MR) is 78.6 cm³/mol. The molecule has 2 N–H and O–H groups in total. The molecule has 1 aliphatic heterocycles. The average Bonchev–Trinajstić information content (AvgIpc) is 2.82. The summed E-state index contributed by atoms with van der Waals surface area (Å²) in [5.41, 5.74) is 0.581. The molecule has 7 heteroatoms. The van der Waals surface area contributed by atoms with Gasteiger partial charge in [-0.1, -0.05) is 12.1 Å². The third-order valence-electron chi connectivity index (χ3n) is 3.77. The first-order valence-electron chi connectivity index (χ1n) is 6.89. The molecule has 1 atom stereocenters. The Morgan fingerprint density at radius 3 is 2.57 bits per heavy atom. The lowest BCUT2D eigenvalue weighted by Crippen LogP contribution is -2.38. The van der Waals surface area contributed by atoms with E-state index in [-0.39, 0.29) is 17.4 Å². The van der Waals surface area contributed by atoms with Gasteiger partial charge in [-0.25, -0.2) is 13.1 Å². The van der Waals surface area contributed by atoms with Crippen molar-refractivity contribution in [1.82, 2.24) is 9.62 Å². The lowest BCUT2D eigenvalue weighted by molar-refractivity contribution is -0.136. The van der Waals surface area contributed by atoms with E-state index >= 15 is 0 Å². The van der Waals surface area contributed by atoms with E-state index in [1.54, 1.807) is 0 Å². The van der Waals surface area contributed by atoms with Crippen molar-refractivity contribution in [2.24, 2.45) is 0 Å². The van der Waals surface area contributed by atoms with E-state index in [2.05, 4.69) is 9.62 Å². The highest BCUT2D eigenvalue weighted by molar-refractivity contribution is 7.89. The number of rotatable bonds is 6. The van der Waals surface area contributed by atoms with Crippen molar-refractivity contribution in [2.75, 3.05) is 20.1 Å². The van der Waals surface area contributed by atoms with Crippen LogP contribution in [-0.2, 0) is 21.2 Å². The first-order valence-corrected chi connectivity index (χ1v) is 8.37. The first-order chi connectivity index (χ1) is 9.88. The summed E-state index contributed by atoms with van der Waals surface area (Å²) in [5, 5.41) is 8.69. The van der Waals surface area contributed by atoms with Gasteiger partial charge in [0.05, 0.1) is 11.3 Å². The van der Waals surface area contributed by atoms with Crippen molar-refractivity contribution in [1.29, 1.82) is 0 Å². The van der Waals surface area contributed by atoms with Gasteiger partial charge in [0.25, 0.3) is 0 Å². The maximum atomic E-state index is 12.2. The zero-order valence-electron chi connectivity index (χ0n) is 11.9. The van der Waals surface area contributed by atoms with Crippen molar-refractivity contribution < 1.29 is 18.3 Å². The van der Waals surface area contributed by atoms with E-state index < -0.39 is 16.0 Å². The molecular weight excluding hydrogens is 292 g/mol. The van der Waals surface area contributed by atoms with Crippen LogP contribution < -0.4 is 4.72 Å². The number of carboxylic acid groups (broad SMARTS) is 1. The van der Waals surface area contributed by atoms with Crippen molar-refractivity contribution in [3.8, 4) is 0 Å². The van der Waals surface area contributed by atoms with E-state index in [0.29, 0.717) is 12.1 Å². The maximum absolute atomic E-state index is 12.2. The van der Waals surface area contributed by atoms with Crippen LogP contribution in [0.4, 0.5) is 0 Å². The number of hydrogen-bond acceptors (Lipinski definition) is 4. The lowest BCUT2D eigenvalue weighted by atomic mass is 10.2. The predicted octanol–water partition coefficient (Wildman–Crippen LogP) is 0.686. The molecule has 6 nitrogen and oxygen atoms in total. The topological polar surface area (TPSA) is 86.7 Å². The minimum Gasteiger partial charge on any atom is -0.481 e. The normalized spacial score (nSPS) is 19.8. The molecule has 0 amide bonds. The number of carbonyl (C=O) groups is 1. The largest absolute Gasteiger partial charge is 0.481 e. The smallest absolute Gasteiger partial charge is 0.307 e. The Hall–Kier alpha value is -1.44. The number of hydrogen-bond donors (Lipinski definition) is 2. The molecular formula is C14H20N2O4S. The summed E-state index contributed by atoms with van der Waals surface area (Å²) in [6.45, 7) is 1.39. The number of likely N-dealkylation sites (tertiary alicyclic amines) is 1. The van der Waals surface area contributed by atoms with Crippen LogP contribution in [0.2, 0.25) is 0 Å². The van der Waals surface area contributed by atoms with E-state index in [1.165, 1.54) is 24.3 Å². The molecule has 0 spiro atoms. The third kappa shape index (κ3) is 4.26. The molecule has 1 aromatic rings. The monoisotopic (exact) mass is 312 g/mol. The summed E-state index contributed by atoms with van der Waals surface area (Å²) >= 11 is 0. The summed E-state index contributed by atoms with van der Waals surface area (Å²) in [5.74, 6) is -0.937. The molecule has 0 saturated carbocycles. The molecule has 1 saturated heterocycles. The highest BCUT2D eigenvalue weighted by Gasteiger charge is 2.23. The third-order valence-corrected chi connectivity index (χ3v) is 5.21. The van der Waals surface area contributed by atoms with Crippen LogP contribution in [0.25, 0.3) is 0 Å². The fraction of sp³-hybridized carbons (Fsp3) is 0.500. The number of nitrogens with zero attached hydrogens (tertiary/aromatic N) is 1. The van der Waals surface area contributed by atoms with Crippen molar-refractivity contribution in [3.05, 3.63) is 29.8 Å². The molecule has 2 rings (SSSR count). The van der Waals surface area contributed by atoms with Gasteiger partial charge in [-0.15, -0.1) is 0 Å². The molecule has 0 radical (unpaired) electrons. The SMILES string of the molecule is CN1CCCC1CNS(=O)(=O)c1ccc(CC(=O)O)cc1. The Labute approximate surface area is 124 Å². The minimum atomic E-state index is -3.54. The second-order valence-corrected chi connectivity index (χ2v) is 7.11. The van der Waals surface area contributed by atoms with Crippen LogP contribution in [-0.4, -0.2) is 50.6 Å². The number of aliphatic carboxylic acids is 1. The van der Waals surface area contributed by atoms with Gasteiger partial charge < -0.3 is 10.0 Å². The Bertz CT molecular complexity index is 598. The van der Waals surface area contributed by atoms with Crippen molar-refractivity contribution in [2.45, 2.75) is 30.2 Å². The van der Waals surface area contributed by atoms with Gasteiger partial charge >= 0.3 is 5.97 Å². The van der Waals surface area contributed by atoms with E-state index in [4.69, 9.17) is 5.11 Å². The Balaban J connectivity index is 2.00. The van der Waals surface area contributed by atoms with Gasteiger partial charge in [0.2, 0.25) is 10.0 Å². The molecule has 1 unspecified atom stereocenters. The summed E-state index contributed by atoms with van der Waals surface area (Å²) in [6, 6.07) is 6.19. The fourth-order valence-corrected chi connectivity index (χ4v) is 3.56. The van der Waals surface area contributed by atoms with Gasteiger partial charge in [0, 0.05) is 12.6 Å². The lowest BCUT2D eigenvalue weighted by Gasteiger charge is -2.19. The fourth-order valence-electron chi connectivity index (χ4n) is 2.49. The van der Waals surface area contributed by atoms with Gasteiger partial charge in [-0.2, -0.15) is 0 Å². The Kier molecular flexibility index (Phi) is 4.97. The zero-order chi connectivity index (χ0) is 15.5. The number of likely N-dealkylation sites (N-methyl/N-ethyl adjacent to an activating group) is 1. The number of nitrogens with one attached hydrogen (secondary N) is 1. The van der Waals surface area contributed by atoms with Crippen molar-refractivity contribution in [3.63, 3.8) is 0 Å². The molecule has 0 aliphatic carbocycles. The maximum Gasteiger partial charge on any atom is 0.307 e. The summed E-state index contributed by atoms with van der Waals surface area (Å²) in [6.07, 6.45) is 1.98. The van der Waals surface area contributed by atoms with Crippen LogP contribution >= 0.6 is 0 Å². The first kappa shape index (κ1) is 15.9. The summed E-state index contributed by atoms with van der Waals surface area (Å²) < 4.78 is 27.0. The standard InChI is InChI=1S/C14H20N2O4S/c1-16-8-2-3-12(16)10-15-21(19,20)13-6-4-11(5-7-13)9-14(17)18/h4-7,12,15H,2-3,8-10H2,1H3,(H,17,18). The molecule has 21 heavy (non-hydrogen) atoms. The van der Waals surface area contributed by atoms with E-state index in [9.17, 15) is 13.2 Å². The molecule has 1 heterocycles. The number of carboxylic acids is 1. The molecule has 1 fully saturated rings. The van der Waals surface area contributed by atoms with Crippen LogP contribution in [0.1, 0.15) is 18.4 Å². The van der Waals surface area contributed by atoms with Gasteiger partial charge in [-0.05, 0) is 44.1 Å². The van der Waals surface area contributed by atoms with E-state index in [0.717, 1.165) is 19.4 Å². The quantitative estimate of drug-likeness (QED) is 0.807. The van der Waals surface area contributed by atoms with E-state index in [1.807, 2.05) is 7.05 Å². The molecule has 0 bridgehead atoms. The molecule has 1 aromatic carbocycles. The molecule has 0 aromatic heterocycles. The van der Waals surface area contributed by atoms with Gasteiger partial charge in [0.1, 0.15) is 0 Å². The molecule has 116 valence electrons. The van der Waals surface area contributed by atoms with Crippen LogP contribution in [0.15, 0.2) is 29.2 Å². The molecule has 1 aliphatic rings. The van der Waals surface area contributed by atoms with Gasteiger partial charge in [-0.3, -0.25) is 4.79 Å². The summed E-state index contributed by atoms with van der Waals surface area (Å²) in [4.78, 5) is 12.9. The summed E-state index contributed by atoms with van der Waals surface area (Å²) in [7, 11) is -1.55. The highest BCUT2D eigenvalue weighted by atomic mass is 32.2. The highest BCUT2D eigenvalue weighted by Crippen LogP contribution is 2.15. The Morgan fingerprint density at radius 1 is 1.38 bits per heavy atom. The number of sulfonamides is 1. The zero-order valence-corrected chi connectivity index (χ0v) is 12.8. The average molecular weight is 312 g/mol. The van der Waals surface area contributed by atoms with Crippen LogP contribution in [0.3, 0.4) is 0 Å². The van der Waals surface area contributed by atoms with Crippen LogP contribution in [0, 0.1) is 0 Å². The Morgan fingerprint density at radius 2 is 2.05 bits per heavy atom. The second kappa shape index (κ2) is 6.55. The minimum absolute atomic E-state index is 0.110. The second-order valence-electron chi connectivity index (χ2n) is 5.34. The number of benzene rings is 1. The van der Waals surface area contributed by atoms with Crippen LogP contribution in [0.5, 0.6) is 0 Å². The van der Waals surface area contributed by atoms with Gasteiger partial charge in [0.15, 0.2) is 0 Å². The van der Waals surface area contributed by atoms with Crippen molar-refractivity contribution >= 4 is 16.0 Å².